The number of methoxy groups -OCH3 is 1. The van der Waals surface area contributed by atoms with Crippen LogP contribution in [0.3, 0.4) is 0 Å². The summed E-state index contributed by atoms with van der Waals surface area (Å²) in [6.07, 6.45) is 0. The van der Waals surface area contributed by atoms with Crippen molar-refractivity contribution in [3.8, 4) is 17.4 Å². The predicted molar refractivity (Wildman–Crippen MR) is 70.1 cm³/mol. The van der Waals surface area contributed by atoms with E-state index in [2.05, 4.69) is 9.97 Å². The van der Waals surface area contributed by atoms with Crippen molar-refractivity contribution in [3.05, 3.63) is 39.7 Å². The maximum Gasteiger partial charge on any atom is 0.227 e. The van der Waals surface area contributed by atoms with Crippen molar-refractivity contribution in [1.29, 1.82) is 0 Å². The molecule has 1 heterocycles. The zero-order valence-electron chi connectivity index (χ0n) is 9.15. The Bertz CT molecular complexity index is 558. The molecule has 4 nitrogen and oxygen atoms in total. The van der Waals surface area contributed by atoms with Gasteiger partial charge >= 0.3 is 0 Å². The molecule has 0 saturated carbocycles. The molecule has 1 aromatic carbocycles. The molecule has 0 aliphatic carbocycles. The molecule has 7 heteroatoms. The van der Waals surface area contributed by atoms with Crippen molar-refractivity contribution in [3.63, 3.8) is 0 Å². The number of aromatic nitrogens is 2. The van der Waals surface area contributed by atoms with Crippen molar-refractivity contribution in [1.82, 2.24) is 9.97 Å². The van der Waals surface area contributed by atoms with Gasteiger partial charge in [0.05, 0.1) is 12.1 Å². The molecule has 2 rings (SSSR count). The summed E-state index contributed by atoms with van der Waals surface area (Å²) in [5.41, 5.74) is 0. The van der Waals surface area contributed by atoms with E-state index in [0.717, 1.165) is 0 Å². The second-order valence-electron chi connectivity index (χ2n) is 3.20. The van der Waals surface area contributed by atoms with E-state index in [4.69, 9.17) is 44.3 Å². The third kappa shape index (κ3) is 3.16. The highest BCUT2D eigenvalue weighted by atomic mass is 35.5. The molecule has 1 aromatic heterocycles. The molecule has 94 valence electrons. The minimum Gasteiger partial charge on any atom is -0.497 e. The van der Waals surface area contributed by atoms with Crippen LogP contribution in [0.15, 0.2) is 24.3 Å². The van der Waals surface area contributed by atoms with Crippen molar-refractivity contribution >= 4 is 34.8 Å². The Labute approximate surface area is 118 Å². The summed E-state index contributed by atoms with van der Waals surface area (Å²) in [5.74, 6) is 1.27. The lowest BCUT2D eigenvalue weighted by molar-refractivity contribution is 0.412. The van der Waals surface area contributed by atoms with Gasteiger partial charge in [0.2, 0.25) is 11.2 Å². The van der Waals surface area contributed by atoms with Crippen LogP contribution < -0.4 is 9.47 Å². The third-order valence-corrected chi connectivity index (χ3v) is 2.66. The van der Waals surface area contributed by atoms with E-state index in [-0.39, 0.29) is 16.3 Å². The van der Waals surface area contributed by atoms with Gasteiger partial charge in [-0.15, -0.1) is 0 Å². The first-order valence-electron chi connectivity index (χ1n) is 4.80. The van der Waals surface area contributed by atoms with E-state index in [1.807, 2.05) is 0 Å². The van der Waals surface area contributed by atoms with Crippen LogP contribution in [-0.4, -0.2) is 17.1 Å². The molecule has 0 unspecified atom stereocenters. The fourth-order valence-corrected chi connectivity index (χ4v) is 1.83. The fraction of sp³-hybridized carbons (Fsp3) is 0.0909. The molecule has 0 fully saturated rings. The smallest absolute Gasteiger partial charge is 0.227 e. The molecular weight excluding hydrogens is 298 g/mol. The maximum atomic E-state index is 6.02. The Hall–Kier alpha value is -1.23. The van der Waals surface area contributed by atoms with E-state index >= 15 is 0 Å². The minimum absolute atomic E-state index is 0.00198. The molecule has 0 radical (unpaired) electrons. The number of rotatable bonds is 3. The lowest BCUT2D eigenvalue weighted by Crippen LogP contribution is -1.92. The van der Waals surface area contributed by atoms with Crippen LogP contribution in [0.5, 0.6) is 17.4 Å². The summed E-state index contributed by atoms with van der Waals surface area (Å²) in [6.45, 7) is 0. The van der Waals surface area contributed by atoms with Gasteiger partial charge in [0, 0.05) is 12.1 Å². The Morgan fingerprint density at radius 1 is 1.06 bits per heavy atom. The predicted octanol–water partition coefficient (Wildman–Crippen LogP) is 4.24. The fourth-order valence-electron chi connectivity index (χ4n) is 1.23. The lowest BCUT2D eigenvalue weighted by atomic mass is 10.3. The number of benzene rings is 1. The summed E-state index contributed by atoms with van der Waals surface area (Å²) in [4.78, 5) is 7.58. The van der Waals surface area contributed by atoms with Crippen LogP contribution in [0.4, 0.5) is 0 Å². The van der Waals surface area contributed by atoms with Gasteiger partial charge < -0.3 is 9.47 Å². The van der Waals surface area contributed by atoms with Gasteiger partial charge in [0.1, 0.15) is 16.7 Å². The quantitative estimate of drug-likeness (QED) is 0.628. The Kier molecular flexibility index (Phi) is 4.11. The molecule has 0 saturated heterocycles. The highest BCUT2D eigenvalue weighted by Gasteiger charge is 2.08. The van der Waals surface area contributed by atoms with Gasteiger partial charge in [-0.2, -0.15) is 4.98 Å². The molecule has 0 aliphatic rings. The molecule has 0 spiro atoms. The van der Waals surface area contributed by atoms with Gasteiger partial charge in [-0.1, -0.05) is 23.2 Å². The van der Waals surface area contributed by atoms with E-state index < -0.39 is 0 Å². The monoisotopic (exact) mass is 304 g/mol. The zero-order chi connectivity index (χ0) is 13.1. The van der Waals surface area contributed by atoms with Crippen LogP contribution in [-0.2, 0) is 0 Å². The topological polar surface area (TPSA) is 44.2 Å². The Morgan fingerprint density at radius 2 is 1.83 bits per heavy atom. The molecule has 0 aliphatic heterocycles. The molecule has 0 bridgehead atoms. The SMILES string of the molecule is COc1ccc(Oc2cc(Cl)nc(Cl)n2)c(Cl)c1. The second kappa shape index (κ2) is 5.61. The highest BCUT2D eigenvalue weighted by molar-refractivity contribution is 6.32. The normalized spacial score (nSPS) is 10.2. The van der Waals surface area contributed by atoms with Gasteiger partial charge in [0.15, 0.2) is 0 Å². The lowest BCUT2D eigenvalue weighted by Gasteiger charge is -2.08. The van der Waals surface area contributed by atoms with Gasteiger partial charge in [-0.25, -0.2) is 4.98 Å². The van der Waals surface area contributed by atoms with E-state index in [0.29, 0.717) is 16.5 Å². The molecular formula is C11H7Cl3N2O2. The molecule has 0 atom stereocenters. The standard InChI is InChI=1S/C11H7Cl3N2O2/c1-17-6-2-3-8(7(12)4-6)18-10-5-9(13)15-11(14)16-10/h2-5H,1H3. The number of hydrogen-bond acceptors (Lipinski definition) is 4. The summed E-state index contributed by atoms with van der Waals surface area (Å²) in [6, 6.07) is 6.44. The minimum atomic E-state index is 0.00198. The van der Waals surface area contributed by atoms with Crippen molar-refractivity contribution in [2.24, 2.45) is 0 Å². The Morgan fingerprint density at radius 3 is 2.44 bits per heavy atom. The van der Waals surface area contributed by atoms with Gasteiger partial charge in [-0.05, 0) is 23.7 Å². The number of nitrogens with zero attached hydrogens (tertiary/aromatic N) is 2. The summed E-state index contributed by atoms with van der Waals surface area (Å²) in [5, 5.41) is 0.581. The van der Waals surface area contributed by atoms with Crippen LogP contribution in [0.1, 0.15) is 0 Å². The summed E-state index contributed by atoms with van der Waals surface area (Å²) < 4.78 is 10.5. The number of halogens is 3. The Balaban J connectivity index is 2.28. The van der Waals surface area contributed by atoms with Crippen LogP contribution in [0, 0.1) is 0 Å². The highest BCUT2D eigenvalue weighted by Crippen LogP contribution is 2.32. The molecule has 0 N–H and O–H groups in total. The second-order valence-corrected chi connectivity index (χ2v) is 4.33. The van der Waals surface area contributed by atoms with E-state index in [9.17, 15) is 0 Å². The van der Waals surface area contributed by atoms with Crippen LogP contribution in [0.2, 0.25) is 15.5 Å². The molecule has 2 aromatic rings. The first-order chi connectivity index (χ1) is 8.58. The average molecular weight is 306 g/mol. The van der Waals surface area contributed by atoms with Crippen LogP contribution in [0.25, 0.3) is 0 Å². The number of ether oxygens (including phenoxy) is 2. The third-order valence-electron chi connectivity index (χ3n) is 2.00. The number of hydrogen-bond donors (Lipinski definition) is 0. The average Bonchev–Trinajstić information content (AvgIpc) is 2.30. The molecule has 18 heavy (non-hydrogen) atoms. The first-order valence-corrected chi connectivity index (χ1v) is 5.93. The van der Waals surface area contributed by atoms with Crippen molar-refractivity contribution in [2.75, 3.05) is 7.11 Å². The summed E-state index contributed by atoms with van der Waals surface area (Å²) in [7, 11) is 1.55. The van der Waals surface area contributed by atoms with Crippen molar-refractivity contribution in [2.45, 2.75) is 0 Å². The first kappa shape index (κ1) is 13.2. The van der Waals surface area contributed by atoms with Gasteiger partial charge in [0.25, 0.3) is 0 Å². The van der Waals surface area contributed by atoms with Crippen LogP contribution >= 0.6 is 34.8 Å². The van der Waals surface area contributed by atoms with E-state index in [1.54, 1.807) is 25.3 Å². The van der Waals surface area contributed by atoms with Gasteiger partial charge in [-0.3, -0.25) is 0 Å². The van der Waals surface area contributed by atoms with E-state index in [1.165, 1.54) is 6.07 Å². The summed E-state index contributed by atoms with van der Waals surface area (Å²) >= 11 is 17.4. The maximum absolute atomic E-state index is 6.02. The molecule has 0 amide bonds. The largest absolute Gasteiger partial charge is 0.497 e. The van der Waals surface area contributed by atoms with Crippen molar-refractivity contribution < 1.29 is 9.47 Å². The zero-order valence-corrected chi connectivity index (χ0v) is 11.4.